The van der Waals surface area contributed by atoms with Gasteiger partial charge in [0.05, 0.1) is 0 Å². The lowest BCUT2D eigenvalue weighted by molar-refractivity contribution is 0.459. The van der Waals surface area contributed by atoms with E-state index >= 15 is 0 Å². The second-order valence-electron chi connectivity index (χ2n) is 4.80. The van der Waals surface area contributed by atoms with Crippen molar-refractivity contribution in [3.8, 4) is 0 Å². The zero-order valence-corrected chi connectivity index (χ0v) is 12.9. The molecule has 0 saturated carbocycles. The van der Waals surface area contributed by atoms with E-state index in [2.05, 4.69) is 21.2 Å². The van der Waals surface area contributed by atoms with E-state index in [-0.39, 0.29) is 23.7 Å². The Labute approximate surface area is 126 Å². The highest BCUT2D eigenvalue weighted by molar-refractivity contribution is 9.10. The van der Waals surface area contributed by atoms with Gasteiger partial charge in [-0.3, -0.25) is 0 Å². The number of hydrogen-bond acceptors (Lipinski definition) is 1. The fourth-order valence-electron chi connectivity index (χ4n) is 2.23. The lowest BCUT2D eigenvalue weighted by Gasteiger charge is -2.21. The Morgan fingerprint density at radius 3 is 2.10 bits per heavy atom. The molecule has 1 nitrogen and oxygen atoms in total. The van der Waals surface area contributed by atoms with Crippen LogP contribution in [0.15, 0.2) is 46.9 Å². The third-order valence-electron chi connectivity index (χ3n) is 3.30. The number of halogens is 3. The molecule has 2 rings (SSSR count). The van der Waals surface area contributed by atoms with Crippen molar-refractivity contribution in [1.29, 1.82) is 0 Å². The molecule has 2 atom stereocenters. The highest BCUT2D eigenvalue weighted by atomic mass is 79.9. The normalized spacial score (nSPS) is 14.1. The predicted octanol–water partition coefficient (Wildman–Crippen LogP) is 5.14. The fourth-order valence-corrected chi connectivity index (χ4v) is 2.57. The van der Waals surface area contributed by atoms with Crippen molar-refractivity contribution < 1.29 is 8.78 Å². The maximum absolute atomic E-state index is 13.9. The second-order valence-corrected chi connectivity index (χ2v) is 5.71. The molecule has 0 aromatic heterocycles. The monoisotopic (exact) mass is 339 g/mol. The van der Waals surface area contributed by atoms with Crippen molar-refractivity contribution in [2.45, 2.75) is 25.9 Å². The maximum Gasteiger partial charge on any atom is 0.129 e. The van der Waals surface area contributed by atoms with Gasteiger partial charge in [0.15, 0.2) is 0 Å². The van der Waals surface area contributed by atoms with Gasteiger partial charge >= 0.3 is 0 Å². The van der Waals surface area contributed by atoms with Gasteiger partial charge in [-0.1, -0.05) is 40.2 Å². The molecule has 0 aliphatic rings. The van der Waals surface area contributed by atoms with Crippen LogP contribution in [0.25, 0.3) is 0 Å². The minimum Gasteiger partial charge on any atom is -0.303 e. The molecule has 106 valence electrons. The van der Waals surface area contributed by atoms with Crippen LogP contribution in [0.3, 0.4) is 0 Å². The molecule has 4 heteroatoms. The first-order chi connectivity index (χ1) is 9.49. The van der Waals surface area contributed by atoms with E-state index in [1.807, 2.05) is 13.8 Å². The average Bonchev–Trinajstić information content (AvgIpc) is 2.38. The first kappa shape index (κ1) is 15.1. The van der Waals surface area contributed by atoms with Gasteiger partial charge in [-0.15, -0.1) is 0 Å². The van der Waals surface area contributed by atoms with Gasteiger partial charge in [-0.25, -0.2) is 8.78 Å². The van der Waals surface area contributed by atoms with Gasteiger partial charge in [0, 0.05) is 27.7 Å². The van der Waals surface area contributed by atoms with Crippen molar-refractivity contribution in [2.75, 3.05) is 0 Å². The quantitative estimate of drug-likeness (QED) is 0.813. The molecule has 2 aromatic carbocycles. The molecule has 0 heterocycles. The molecule has 0 saturated heterocycles. The van der Waals surface area contributed by atoms with Crippen LogP contribution >= 0.6 is 15.9 Å². The molecule has 1 unspecified atom stereocenters. The summed E-state index contributed by atoms with van der Waals surface area (Å²) in [7, 11) is 0. The minimum absolute atomic E-state index is 0.200. The van der Waals surface area contributed by atoms with Crippen LogP contribution in [0.4, 0.5) is 8.78 Å². The summed E-state index contributed by atoms with van der Waals surface area (Å²) >= 11 is 3.23. The van der Waals surface area contributed by atoms with Crippen LogP contribution in [0.2, 0.25) is 0 Å². The van der Waals surface area contributed by atoms with E-state index in [0.717, 1.165) is 0 Å². The molecule has 0 spiro atoms. The summed E-state index contributed by atoms with van der Waals surface area (Å²) < 4.78 is 28.3. The van der Waals surface area contributed by atoms with Crippen molar-refractivity contribution in [2.24, 2.45) is 0 Å². The Balaban J connectivity index is 2.15. The van der Waals surface area contributed by atoms with E-state index in [1.165, 1.54) is 12.1 Å². The first-order valence-corrected chi connectivity index (χ1v) is 7.23. The predicted molar refractivity (Wildman–Crippen MR) is 80.5 cm³/mol. The highest BCUT2D eigenvalue weighted by Gasteiger charge is 2.16. The van der Waals surface area contributed by atoms with Crippen molar-refractivity contribution in [3.05, 3.63) is 69.7 Å². The van der Waals surface area contributed by atoms with E-state index in [1.54, 1.807) is 30.3 Å². The number of nitrogens with one attached hydrogen (secondary N) is 1. The number of benzene rings is 2. The van der Waals surface area contributed by atoms with Crippen molar-refractivity contribution >= 4 is 15.9 Å². The summed E-state index contributed by atoms with van der Waals surface area (Å²) in [5.74, 6) is -0.531. The third kappa shape index (κ3) is 3.44. The SMILES string of the molecule is CC(N[C@H](C)c1ccccc1F)c1ccc(Br)cc1F. The van der Waals surface area contributed by atoms with Gasteiger partial charge in [0.2, 0.25) is 0 Å². The molecular formula is C16H16BrF2N. The first-order valence-electron chi connectivity index (χ1n) is 6.44. The van der Waals surface area contributed by atoms with Crippen LogP contribution in [0.5, 0.6) is 0 Å². The molecule has 1 N–H and O–H groups in total. The van der Waals surface area contributed by atoms with Gasteiger partial charge in [-0.05, 0) is 32.0 Å². The van der Waals surface area contributed by atoms with Crippen LogP contribution in [0, 0.1) is 11.6 Å². The summed E-state index contributed by atoms with van der Waals surface area (Å²) in [6.07, 6.45) is 0. The van der Waals surface area contributed by atoms with Crippen molar-refractivity contribution in [1.82, 2.24) is 5.32 Å². The molecule has 0 aliphatic heterocycles. The van der Waals surface area contributed by atoms with E-state index in [9.17, 15) is 8.78 Å². The van der Waals surface area contributed by atoms with Crippen LogP contribution < -0.4 is 5.32 Å². The van der Waals surface area contributed by atoms with E-state index < -0.39 is 0 Å². The fraction of sp³-hybridized carbons (Fsp3) is 0.250. The summed E-state index contributed by atoms with van der Waals surface area (Å²) in [6.45, 7) is 3.73. The Bertz CT molecular complexity index is 601. The van der Waals surface area contributed by atoms with Crippen LogP contribution in [-0.2, 0) is 0 Å². The molecule has 20 heavy (non-hydrogen) atoms. The summed E-state index contributed by atoms with van der Waals surface area (Å²) in [6, 6.07) is 11.2. The topological polar surface area (TPSA) is 12.0 Å². The van der Waals surface area contributed by atoms with Crippen molar-refractivity contribution in [3.63, 3.8) is 0 Å². The second kappa shape index (κ2) is 6.46. The number of rotatable bonds is 4. The smallest absolute Gasteiger partial charge is 0.129 e. The van der Waals surface area contributed by atoms with Gasteiger partial charge in [0.1, 0.15) is 11.6 Å². The maximum atomic E-state index is 13.9. The van der Waals surface area contributed by atoms with Gasteiger partial charge < -0.3 is 5.32 Å². The third-order valence-corrected chi connectivity index (χ3v) is 3.79. The molecule has 0 radical (unpaired) electrons. The van der Waals surface area contributed by atoms with E-state index in [4.69, 9.17) is 0 Å². The summed E-state index contributed by atoms with van der Waals surface area (Å²) in [5, 5.41) is 3.22. The lowest BCUT2D eigenvalue weighted by atomic mass is 10.0. The highest BCUT2D eigenvalue weighted by Crippen LogP contribution is 2.24. The zero-order valence-electron chi connectivity index (χ0n) is 11.3. The Kier molecular flexibility index (Phi) is 4.89. The Hall–Kier alpha value is -1.26. The zero-order chi connectivity index (χ0) is 14.7. The molecule has 2 aromatic rings. The van der Waals surface area contributed by atoms with E-state index in [0.29, 0.717) is 15.6 Å². The summed E-state index contributed by atoms with van der Waals surface area (Å²) in [4.78, 5) is 0. The lowest BCUT2D eigenvalue weighted by Crippen LogP contribution is -2.24. The van der Waals surface area contributed by atoms with Gasteiger partial charge in [0.25, 0.3) is 0 Å². The number of hydrogen-bond donors (Lipinski definition) is 1. The molecule has 0 bridgehead atoms. The van der Waals surface area contributed by atoms with Crippen LogP contribution in [-0.4, -0.2) is 0 Å². The average molecular weight is 340 g/mol. The molecular weight excluding hydrogens is 324 g/mol. The minimum atomic E-state index is -0.278. The van der Waals surface area contributed by atoms with Gasteiger partial charge in [-0.2, -0.15) is 0 Å². The van der Waals surface area contributed by atoms with Crippen LogP contribution in [0.1, 0.15) is 37.1 Å². The molecule has 0 aliphatic carbocycles. The molecule has 0 fully saturated rings. The largest absolute Gasteiger partial charge is 0.303 e. The standard InChI is InChI=1S/C16H16BrF2N/c1-10(13-5-3-4-6-15(13)18)20-11(2)14-8-7-12(17)9-16(14)19/h3-11,20H,1-2H3/t10-,11?/m1/s1. The Morgan fingerprint density at radius 1 is 0.900 bits per heavy atom. The Morgan fingerprint density at radius 2 is 1.50 bits per heavy atom. The molecule has 0 amide bonds. The summed E-state index contributed by atoms with van der Waals surface area (Å²) in [5.41, 5.74) is 1.15.